The number of nitrogens with zero attached hydrogens (tertiary/aromatic N) is 3. The van der Waals surface area contributed by atoms with E-state index in [1.807, 2.05) is 6.07 Å². The molecular formula is C27H46N3NaO5. The molecule has 0 spiro atoms. The van der Waals surface area contributed by atoms with Crippen LogP contribution in [-0.2, 0) is 4.74 Å². The van der Waals surface area contributed by atoms with Gasteiger partial charge in [0.15, 0.2) is 0 Å². The van der Waals surface area contributed by atoms with Gasteiger partial charge in [-0.3, -0.25) is 4.98 Å². The molecule has 1 aromatic heterocycles. The Bertz CT molecular complexity index is 646. The number of aliphatic hydroxyl groups excluding tert-OH is 1. The van der Waals surface area contributed by atoms with Crippen LogP contribution in [0.15, 0.2) is 23.8 Å². The van der Waals surface area contributed by atoms with E-state index in [0.717, 1.165) is 11.8 Å². The van der Waals surface area contributed by atoms with Crippen molar-refractivity contribution in [3.63, 3.8) is 0 Å². The summed E-state index contributed by atoms with van der Waals surface area (Å²) in [6, 6.07) is 3.64. The van der Waals surface area contributed by atoms with Gasteiger partial charge in [0.25, 0.3) is 0 Å². The van der Waals surface area contributed by atoms with Gasteiger partial charge in [-0.05, 0) is 6.42 Å². The third-order valence-corrected chi connectivity index (χ3v) is 5.79. The number of unbranched alkanes of at least 4 members (excludes halogenated alkanes) is 15. The third-order valence-electron chi connectivity index (χ3n) is 5.79. The Labute approximate surface area is 240 Å². The first-order valence-electron chi connectivity index (χ1n) is 13.4. The Morgan fingerprint density at radius 1 is 0.944 bits per heavy atom. The largest absolute Gasteiger partial charge is 1.00 e. The van der Waals surface area contributed by atoms with Crippen molar-refractivity contribution >= 4 is 0 Å². The van der Waals surface area contributed by atoms with E-state index in [9.17, 15) is 5.11 Å². The molecule has 0 radical (unpaired) electrons. The van der Waals surface area contributed by atoms with Crippen LogP contribution < -0.4 is 34.3 Å². The van der Waals surface area contributed by atoms with Crippen molar-refractivity contribution < 1.29 is 44.1 Å². The fraction of sp³-hybridized carbons (Fsp3) is 0.778. The summed E-state index contributed by atoms with van der Waals surface area (Å²) in [4.78, 5) is 12.0. The van der Waals surface area contributed by atoms with Gasteiger partial charge >= 0.3 is 29.6 Å². The molecule has 0 aliphatic heterocycles. The van der Waals surface area contributed by atoms with Crippen molar-refractivity contribution in [2.24, 2.45) is 5.34 Å². The van der Waals surface area contributed by atoms with Crippen LogP contribution in [0, 0.1) is 21.4 Å². The summed E-state index contributed by atoms with van der Waals surface area (Å²) in [5.41, 5.74) is 0.438. The van der Waals surface area contributed by atoms with E-state index in [2.05, 4.69) is 11.9 Å². The second-order valence-corrected chi connectivity index (χ2v) is 8.90. The second-order valence-electron chi connectivity index (χ2n) is 8.90. The number of rotatable bonds is 22. The first-order chi connectivity index (χ1) is 17.2. The molecule has 1 N–H and O–H groups in total. The molecule has 9 heteroatoms. The van der Waals surface area contributed by atoms with Crippen LogP contribution in [0.1, 0.15) is 115 Å². The van der Waals surface area contributed by atoms with E-state index < -0.39 is 6.10 Å². The van der Waals surface area contributed by atoms with Crippen LogP contribution >= 0.6 is 0 Å². The molecule has 8 nitrogen and oxygen atoms in total. The van der Waals surface area contributed by atoms with Crippen LogP contribution in [0.4, 0.5) is 0 Å². The maximum atomic E-state index is 9.47. The smallest absolute Gasteiger partial charge is 0.484 e. The summed E-state index contributed by atoms with van der Waals surface area (Å²) in [6.45, 7) is 3.18. The molecule has 0 aliphatic rings. The molecule has 0 unspecified atom stereocenters. The van der Waals surface area contributed by atoms with Crippen molar-refractivity contribution in [2.45, 2.75) is 116 Å². The number of hydrogen-bond acceptors (Lipinski definition) is 8. The average Bonchev–Trinajstić information content (AvgIpc) is 2.87. The fourth-order valence-electron chi connectivity index (χ4n) is 3.83. The molecule has 0 saturated carbocycles. The SMILES string of the molecule is CCCCCCCCCCCCCCCCCCOC[C@H](CO)Oc1cncc(C#N)c1.O=N[O-].[Na+]. The van der Waals surface area contributed by atoms with Gasteiger partial charge < -0.3 is 24.7 Å². The fourth-order valence-corrected chi connectivity index (χ4v) is 3.83. The van der Waals surface area contributed by atoms with E-state index in [1.54, 1.807) is 12.3 Å². The molecule has 0 saturated heterocycles. The molecule has 0 bridgehead atoms. The second kappa shape index (κ2) is 30.0. The molecule has 0 aliphatic carbocycles. The molecule has 200 valence electrons. The number of ether oxygens (including phenoxy) is 2. The zero-order valence-electron chi connectivity index (χ0n) is 22.7. The van der Waals surface area contributed by atoms with Crippen LogP contribution in [0.3, 0.4) is 0 Å². The summed E-state index contributed by atoms with van der Waals surface area (Å²) < 4.78 is 11.3. The van der Waals surface area contributed by atoms with Crippen LogP contribution in [-0.4, -0.2) is 36.0 Å². The maximum Gasteiger partial charge on any atom is 1.00 e. The van der Waals surface area contributed by atoms with E-state index in [0.29, 0.717) is 24.5 Å². The Morgan fingerprint density at radius 3 is 1.86 bits per heavy atom. The molecule has 36 heavy (non-hydrogen) atoms. The van der Waals surface area contributed by atoms with Crippen molar-refractivity contribution in [2.75, 3.05) is 19.8 Å². The molecule has 1 aromatic rings. The van der Waals surface area contributed by atoms with Crippen molar-refractivity contribution in [3.05, 3.63) is 34.1 Å². The van der Waals surface area contributed by atoms with Gasteiger partial charge in [-0.2, -0.15) is 5.26 Å². The minimum atomic E-state index is -0.438. The minimum Gasteiger partial charge on any atom is -0.484 e. The van der Waals surface area contributed by atoms with Gasteiger partial charge in [0.05, 0.1) is 25.0 Å². The molecule has 0 fully saturated rings. The number of aliphatic hydroxyl groups is 1. The number of aromatic nitrogens is 1. The van der Waals surface area contributed by atoms with Crippen LogP contribution in [0.2, 0.25) is 0 Å². The first kappa shape index (κ1) is 36.9. The summed E-state index contributed by atoms with van der Waals surface area (Å²) in [6.07, 6.45) is 24.3. The van der Waals surface area contributed by atoms with Crippen molar-refractivity contribution in [3.8, 4) is 11.8 Å². The third kappa shape index (κ3) is 24.5. The Morgan fingerprint density at radius 2 is 1.42 bits per heavy atom. The number of nitriles is 1. The zero-order valence-corrected chi connectivity index (χ0v) is 24.7. The molecule has 1 atom stereocenters. The Kier molecular flexibility index (Phi) is 30.7. The summed E-state index contributed by atoms with van der Waals surface area (Å²) in [5, 5.41) is 27.4. The van der Waals surface area contributed by atoms with Gasteiger partial charge in [-0.1, -0.05) is 103 Å². The monoisotopic (exact) mass is 515 g/mol. The summed E-state index contributed by atoms with van der Waals surface area (Å²) in [5.74, 6) is 0.481. The van der Waals surface area contributed by atoms with Crippen LogP contribution in [0.5, 0.6) is 5.75 Å². The molecule has 1 heterocycles. The first-order valence-corrected chi connectivity index (χ1v) is 13.4. The van der Waals surface area contributed by atoms with Gasteiger partial charge in [0.2, 0.25) is 0 Å². The van der Waals surface area contributed by atoms with Gasteiger partial charge in [-0.15, -0.1) is 5.34 Å². The predicted molar refractivity (Wildman–Crippen MR) is 140 cm³/mol. The summed E-state index contributed by atoms with van der Waals surface area (Å²) in [7, 11) is 0. The Hall–Kier alpha value is -1.24. The molecule has 0 aromatic carbocycles. The van der Waals surface area contributed by atoms with Gasteiger partial charge in [0.1, 0.15) is 17.9 Å². The zero-order chi connectivity index (χ0) is 25.8. The molecule has 0 amide bonds. The number of pyridine rings is 1. The van der Waals surface area contributed by atoms with Gasteiger partial charge in [0, 0.05) is 18.9 Å². The van der Waals surface area contributed by atoms with Crippen molar-refractivity contribution in [1.82, 2.24) is 4.98 Å². The van der Waals surface area contributed by atoms with E-state index in [-0.39, 0.29) is 36.2 Å². The van der Waals surface area contributed by atoms with Crippen molar-refractivity contribution in [1.29, 1.82) is 5.26 Å². The van der Waals surface area contributed by atoms with E-state index in [1.165, 1.54) is 103 Å². The topological polar surface area (TPSA) is 128 Å². The number of hydrogen-bond donors (Lipinski definition) is 1. The standard InChI is InChI=1S/C27H46N2O3.HNO2.Na/c1-2-3-4-5-6-7-8-9-10-11-12-13-14-15-16-17-18-31-24-27(23-30)32-26-19-25(20-28)21-29-22-26;2-1-3;/h19,21-22,27,30H,2-18,23-24H2,1H3;(H,2,3);/q;;+1/p-1/t27-;;/m0../s1. The van der Waals surface area contributed by atoms with Crippen LogP contribution in [0.25, 0.3) is 0 Å². The maximum absolute atomic E-state index is 9.47. The minimum absolute atomic E-state index is 0. The molecular weight excluding hydrogens is 469 g/mol. The Balaban J connectivity index is 0. The predicted octanol–water partition coefficient (Wildman–Crippen LogP) is 4.23. The van der Waals surface area contributed by atoms with E-state index >= 15 is 0 Å². The normalized spacial score (nSPS) is 10.9. The molecule has 1 rings (SSSR count). The van der Waals surface area contributed by atoms with E-state index in [4.69, 9.17) is 24.8 Å². The summed E-state index contributed by atoms with van der Waals surface area (Å²) >= 11 is 0. The quantitative estimate of drug-likeness (QED) is 0.106. The average molecular weight is 516 g/mol. The van der Waals surface area contributed by atoms with Gasteiger partial charge in [-0.25, -0.2) is 0 Å².